The summed E-state index contributed by atoms with van der Waals surface area (Å²) in [7, 11) is 1.58. The molecule has 2 saturated carbocycles. The van der Waals surface area contributed by atoms with Crippen LogP contribution < -0.4 is 26.0 Å². The van der Waals surface area contributed by atoms with E-state index in [0.717, 1.165) is 18.4 Å². The minimum atomic E-state index is -4.64. The van der Waals surface area contributed by atoms with Crippen molar-refractivity contribution in [2.24, 2.45) is 5.41 Å². The number of Topliss-reactive ketones (excluding diaryl/α,β-unsaturated/α-hetero) is 1. The molecule has 2 fully saturated rings. The summed E-state index contributed by atoms with van der Waals surface area (Å²) < 4.78 is 48.7. The highest BCUT2D eigenvalue weighted by molar-refractivity contribution is 6.36. The maximum absolute atomic E-state index is 12.9. The smallest absolute Gasteiger partial charge is 0.422 e. The number of anilines is 3. The summed E-state index contributed by atoms with van der Waals surface area (Å²) in [5.74, 6) is -3.67. The normalized spacial score (nSPS) is 15.9. The van der Waals surface area contributed by atoms with Gasteiger partial charge >= 0.3 is 18.2 Å². The lowest BCUT2D eigenvalue weighted by atomic mass is 9.99. The van der Waals surface area contributed by atoms with Gasteiger partial charge in [0.2, 0.25) is 17.7 Å². The van der Waals surface area contributed by atoms with Crippen LogP contribution in [0.15, 0.2) is 48.5 Å². The molecule has 0 aliphatic heterocycles. The van der Waals surface area contributed by atoms with Gasteiger partial charge in [0.25, 0.3) is 11.8 Å². The van der Waals surface area contributed by atoms with Gasteiger partial charge in [0.05, 0.1) is 12.1 Å². The number of nitrogens with zero attached hydrogens (tertiary/aromatic N) is 3. The average molecular weight is 748 g/mol. The Morgan fingerprint density at radius 2 is 1.63 bits per heavy atom. The summed E-state index contributed by atoms with van der Waals surface area (Å²) in [4.78, 5) is 61.5. The van der Waals surface area contributed by atoms with Crippen molar-refractivity contribution in [3.63, 3.8) is 0 Å². The third-order valence-electron chi connectivity index (χ3n) is 8.75. The van der Waals surface area contributed by atoms with E-state index in [4.69, 9.17) is 21.1 Å². The van der Waals surface area contributed by atoms with Crippen molar-refractivity contribution in [3.05, 3.63) is 64.7 Å². The number of methoxy groups -OCH3 is 1. The molecular weight excluding hydrogens is 711 g/mol. The summed E-state index contributed by atoms with van der Waals surface area (Å²) in [6.45, 7) is -1.26. The van der Waals surface area contributed by atoms with Crippen LogP contribution in [0.25, 0.3) is 0 Å². The zero-order valence-corrected chi connectivity index (χ0v) is 28.8. The van der Waals surface area contributed by atoms with Crippen molar-refractivity contribution >= 4 is 52.8 Å². The molecule has 5 N–H and O–H groups in total. The van der Waals surface area contributed by atoms with E-state index in [9.17, 15) is 37.5 Å². The van der Waals surface area contributed by atoms with E-state index in [1.165, 1.54) is 24.3 Å². The third-order valence-corrected chi connectivity index (χ3v) is 9.00. The fourth-order valence-corrected chi connectivity index (χ4v) is 5.60. The molecule has 14 nitrogen and oxygen atoms in total. The molecule has 0 radical (unpaired) electrons. The Kier molecular flexibility index (Phi) is 11.8. The molecule has 52 heavy (non-hydrogen) atoms. The molecule has 2 aliphatic carbocycles. The van der Waals surface area contributed by atoms with Crippen LogP contribution in [0, 0.1) is 5.41 Å². The Morgan fingerprint density at radius 1 is 0.962 bits per heavy atom. The first-order chi connectivity index (χ1) is 24.7. The quantitative estimate of drug-likeness (QED) is 0.106. The number of alkyl halides is 3. The first-order valence-electron chi connectivity index (χ1n) is 16.4. The number of carbonyl (C=O) groups is 4. The summed E-state index contributed by atoms with van der Waals surface area (Å²) >= 11 is 6.02. The number of ketones is 1. The molecule has 1 aromatic heterocycles. The molecule has 3 aromatic rings. The number of hydrogen-bond donors (Lipinski definition) is 5. The fraction of sp³-hybridized carbons (Fsp3) is 0.441. The number of carboxylic acid groups (broad SMARTS) is 1. The van der Waals surface area contributed by atoms with Crippen LogP contribution >= 0.6 is 11.6 Å². The van der Waals surface area contributed by atoms with Gasteiger partial charge < -0.3 is 35.8 Å². The monoisotopic (exact) mass is 747 g/mol. The van der Waals surface area contributed by atoms with Crippen LogP contribution in [0.4, 0.5) is 30.8 Å². The van der Waals surface area contributed by atoms with E-state index >= 15 is 0 Å². The van der Waals surface area contributed by atoms with Crippen LogP contribution in [0.3, 0.4) is 0 Å². The molecule has 0 unspecified atom stereocenters. The molecule has 18 heteroatoms. The molecule has 2 amide bonds. The maximum Gasteiger partial charge on any atom is 0.422 e. The largest absolute Gasteiger partial charge is 0.480 e. The number of benzene rings is 2. The number of carboxylic acids is 1. The highest BCUT2D eigenvalue weighted by atomic mass is 35.5. The standard InChI is InChI=1S/C34H37ClF3N7O7/c1-51-18-32(13-14-32)12-10-25(46)27(48)39-17-11-24(28(49)50)41-26(47)20-2-8-23(9-3-20)40-29-42-30(44-31(43-29)52-19-34(36,37)38)45-33(15-16-33)21-4-6-22(35)7-5-21/h2-9,24H,10-19H2,1H3,(H,39,48)(H,41,47)(H,49,50)(H2,40,42,43,44,45)/t24-/m1/s1. The van der Waals surface area contributed by atoms with Crippen molar-refractivity contribution < 1.29 is 46.9 Å². The number of aromatic nitrogens is 3. The number of halogens is 4. The SMILES string of the molecule is COCC1(CCC(=O)C(=O)NCC[C@@H](NC(=O)c2ccc(Nc3nc(NC4(c5ccc(Cl)cc5)CC4)nc(OCC(F)(F)F)n3)cc2)C(=O)O)CC1. The van der Waals surface area contributed by atoms with Gasteiger partial charge in [-0.1, -0.05) is 23.7 Å². The molecule has 0 bridgehead atoms. The van der Waals surface area contributed by atoms with E-state index < -0.39 is 53.9 Å². The molecule has 2 aromatic carbocycles. The van der Waals surface area contributed by atoms with Gasteiger partial charge in [-0.15, -0.1) is 0 Å². The maximum atomic E-state index is 12.9. The Hall–Kier alpha value is -5.03. The molecule has 0 saturated heterocycles. The molecule has 1 atom stereocenters. The first kappa shape index (κ1) is 38.2. The van der Waals surface area contributed by atoms with E-state index in [-0.39, 0.29) is 42.3 Å². The van der Waals surface area contributed by atoms with Gasteiger partial charge in [-0.25, -0.2) is 4.79 Å². The van der Waals surface area contributed by atoms with Crippen molar-refractivity contribution in [3.8, 4) is 6.01 Å². The Balaban J connectivity index is 1.17. The van der Waals surface area contributed by atoms with Crippen LogP contribution in [0.1, 0.15) is 60.9 Å². The average Bonchev–Trinajstić information content (AvgIpc) is 4.04. The highest BCUT2D eigenvalue weighted by Gasteiger charge is 2.45. The Labute approximate surface area is 301 Å². The number of nitrogens with one attached hydrogen (secondary N) is 4. The number of rotatable bonds is 19. The summed E-state index contributed by atoms with van der Waals surface area (Å²) in [5, 5.41) is 21.0. The molecule has 5 rings (SSSR count). The lowest BCUT2D eigenvalue weighted by Crippen LogP contribution is -2.43. The number of aliphatic carboxylic acids is 1. The first-order valence-corrected chi connectivity index (χ1v) is 16.8. The lowest BCUT2D eigenvalue weighted by Gasteiger charge is -2.19. The second-order valence-corrected chi connectivity index (χ2v) is 13.3. The van der Waals surface area contributed by atoms with Gasteiger partial charge in [-0.2, -0.15) is 28.1 Å². The second-order valence-electron chi connectivity index (χ2n) is 12.9. The molecule has 0 spiro atoms. The third kappa shape index (κ3) is 10.7. The number of ether oxygens (including phenoxy) is 2. The van der Waals surface area contributed by atoms with E-state index in [2.05, 4.69) is 36.2 Å². The number of carbonyl (C=O) groups excluding carboxylic acids is 3. The minimum absolute atomic E-state index is 0.0351. The molecule has 278 valence electrons. The number of amides is 2. The van der Waals surface area contributed by atoms with Crippen LogP contribution in [0.5, 0.6) is 6.01 Å². The topological polar surface area (TPSA) is 194 Å². The summed E-state index contributed by atoms with van der Waals surface area (Å²) in [6.07, 6.45) is -0.941. The predicted molar refractivity (Wildman–Crippen MR) is 181 cm³/mol. The predicted octanol–water partition coefficient (Wildman–Crippen LogP) is 4.78. The minimum Gasteiger partial charge on any atom is -0.480 e. The molecular formula is C34H37ClF3N7O7. The fourth-order valence-electron chi connectivity index (χ4n) is 5.48. The van der Waals surface area contributed by atoms with Crippen LogP contribution in [-0.2, 0) is 24.7 Å². The zero-order chi connectivity index (χ0) is 37.5. The zero-order valence-electron chi connectivity index (χ0n) is 28.0. The van der Waals surface area contributed by atoms with Gasteiger partial charge in [0, 0.05) is 36.3 Å². The van der Waals surface area contributed by atoms with Gasteiger partial charge in [0.1, 0.15) is 6.04 Å². The van der Waals surface area contributed by atoms with E-state index in [1.54, 1.807) is 19.2 Å². The van der Waals surface area contributed by atoms with Crippen molar-refractivity contribution in [2.75, 3.05) is 37.5 Å². The van der Waals surface area contributed by atoms with Crippen molar-refractivity contribution in [1.82, 2.24) is 25.6 Å². The van der Waals surface area contributed by atoms with Crippen LogP contribution in [-0.4, -0.2) is 82.7 Å². The highest BCUT2D eigenvalue weighted by Crippen LogP contribution is 2.50. The van der Waals surface area contributed by atoms with Gasteiger partial charge in [-0.3, -0.25) is 14.4 Å². The van der Waals surface area contributed by atoms with E-state index in [1.807, 2.05) is 12.1 Å². The number of hydrogen-bond acceptors (Lipinski definition) is 11. The van der Waals surface area contributed by atoms with Gasteiger partial charge in [0.15, 0.2) is 6.61 Å². The molecule has 2 aliphatic rings. The lowest BCUT2D eigenvalue weighted by molar-refractivity contribution is -0.154. The summed E-state index contributed by atoms with van der Waals surface area (Å²) in [6, 6.07) is 10.8. The Morgan fingerprint density at radius 3 is 2.23 bits per heavy atom. The van der Waals surface area contributed by atoms with Crippen LogP contribution in [0.2, 0.25) is 5.02 Å². The Bertz CT molecular complexity index is 1770. The van der Waals surface area contributed by atoms with Crippen molar-refractivity contribution in [1.29, 1.82) is 0 Å². The van der Waals surface area contributed by atoms with Crippen molar-refractivity contribution in [2.45, 2.75) is 62.7 Å². The second kappa shape index (κ2) is 16.1. The summed E-state index contributed by atoms with van der Waals surface area (Å²) in [5.41, 5.74) is 0.708. The molecule has 1 heterocycles. The van der Waals surface area contributed by atoms with Gasteiger partial charge in [-0.05, 0) is 85.9 Å². The van der Waals surface area contributed by atoms with E-state index in [0.29, 0.717) is 36.6 Å².